The summed E-state index contributed by atoms with van der Waals surface area (Å²) in [6, 6.07) is 21.0. The molecule has 148 valence electrons. The van der Waals surface area contributed by atoms with Crippen molar-refractivity contribution < 1.29 is 9.59 Å². The Kier molecular flexibility index (Phi) is 6.15. The van der Waals surface area contributed by atoms with Crippen LogP contribution in [0.25, 0.3) is 0 Å². The van der Waals surface area contributed by atoms with Crippen LogP contribution >= 0.6 is 0 Å². The number of piperazine rings is 1. The maximum atomic E-state index is 12.5. The highest BCUT2D eigenvalue weighted by Gasteiger charge is 2.31. The van der Waals surface area contributed by atoms with E-state index in [0.29, 0.717) is 13.1 Å². The number of hydrogen-bond acceptors (Lipinski definition) is 3. The van der Waals surface area contributed by atoms with E-state index in [1.165, 1.54) is 11.1 Å². The van der Waals surface area contributed by atoms with Crippen molar-refractivity contribution in [3.63, 3.8) is 0 Å². The number of rotatable bonds is 3. The molecular formula is C23H29N3O2. The summed E-state index contributed by atoms with van der Waals surface area (Å²) in [5.74, 6) is -0.964. The largest absolute Gasteiger partial charge is 0.343 e. The second-order valence-electron chi connectivity index (χ2n) is 8.26. The van der Waals surface area contributed by atoms with Gasteiger partial charge in [-0.25, -0.2) is 0 Å². The summed E-state index contributed by atoms with van der Waals surface area (Å²) in [7, 11) is 0. The molecule has 2 aromatic carbocycles. The fourth-order valence-electron chi connectivity index (χ4n) is 3.61. The van der Waals surface area contributed by atoms with Gasteiger partial charge in [-0.15, -0.1) is 0 Å². The molecule has 1 heterocycles. The first-order valence-electron chi connectivity index (χ1n) is 9.80. The Balaban J connectivity index is 1.71. The first-order valence-corrected chi connectivity index (χ1v) is 9.80. The number of amides is 2. The zero-order valence-corrected chi connectivity index (χ0v) is 16.9. The standard InChI is InChI=1S/C23H29N3O2/c1-23(2,3)24-21(27)22(28)26-16-14-25(15-17-26)20(18-10-6-4-7-11-18)19-12-8-5-9-13-19/h4-13,20H,14-17H2,1-3H3,(H,24,27). The summed E-state index contributed by atoms with van der Waals surface area (Å²) >= 11 is 0. The van der Waals surface area contributed by atoms with Gasteiger partial charge < -0.3 is 10.2 Å². The Labute approximate surface area is 167 Å². The smallest absolute Gasteiger partial charge is 0.311 e. The zero-order valence-electron chi connectivity index (χ0n) is 16.9. The molecule has 5 nitrogen and oxygen atoms in total. The Morgan fingerprint density at radius 1 is 0.821 bits per heavy atom. The molecule has 0 saturated carbocycles. The third kappa shape index (κ3) is 4.98. The molecule has 0 spiro atoms. The van der Waals surface area contributed by atoms with Gasteiger partial charge in [-0.3, -0.25) is 14.5 Å². The molecule has 0 aliphatic carbocycles. The van der Waals surface area contributed by atoms with Crippen molar-refractivity contribution in [1.82, 2.24) is 15.1 Å². The third-order valence-electron chi connectivity index (χ3n) is 4.88. The Morgan fingerprint density at radius 3 is 1.71 bits per heavy atom. The maximum Gasteiger partial charge on any atom is 0.311 e. The lowest BCUT2D eigenvalue weighted by Gasteiger charge is -2.39. The predicted molar refractivity (Wildman–Crippen MR) is 111 cm³/mol. The fraction of sp³-hybridized carbons (Fsp3) is 0.391. The average molecular weight is 380 g/mol. The first kappa shape index (κ1) is 20.1. The van der Waals surface area contributed by atoms with E-state index in [4.69, 9.17) is 0 Å². The van der Waals surface area contributed by atoms with Crippen molar-refractivity contribution >= 4 is 11.8 Å². The molecule has 2 aromatic rings. The van der Waals surface area contributed by atoms with Crippen LogP contribution < -0.4 is 5.32 Å². The van der Waals surface area contributed by atoms with E-state index in [2.05, 4.69) is 58.7 Å². The van der Waals surface area contributed by atoms with Gasteiger partial charge >= 0.3 is 11.8 Å². The Morgan fingerprint density at radius 2 is 1.29 bits per heavy atom. The van der Waals surface area contributed by atoms with Gasteiger partial charge in [-0.2, -0.15) is 0 Å². The van der Waals surface area contributed by atoms with Gasteiger partial charge in [0.15, 0.2) is 0 Å². The minimum atomic E-state index is -0.524. The van der Waals surface area contributed by atoms with Gasteiger partial charge in [-0.1, -0.05) is 60.7 Å². The summed E-state index contributed by atoms with van der Waals surface area (Å²) in [5, 5.41) is 2.76. The van der Waals surface area contributed by atoms with E-state index in [1.54, 1.807) is 4.90 Å². The van der Waals surface area contributed by atoms with E-state index in [1.807, 2.05) is 32.9 Å². The van der Waals surface area contributed by atoms with Gasteiger partial charge in [0.25, 0.3) is 0 Å². The summed E-state index contributed by atoms with van der Waals surface area (Å²) < 4.78 is 0. The van der Waals surface area contributed by atoms with Gasteiger partial charge in [0, 0.05) is 31.7 Å². The second-order valence-corrected chi connectivity index (χ2v) is 8.26. The molecule has 2 amide bonds. The van der Waals surface area contributed by atoms with Gasteiger partial charge in [0.05, 0.1) is 6.04 Å². The Bertz CT molecular complexity index is 752. The van der Waals surface area contributed by atoms with E-state index >= 15 is 0 Å². The van der Waals surface area contributed by atoms with E-state index in [-0.39, 0.29) is 6.04 Å². The molecule has 0 unspecified atom stereocenters. The molecule has 1 aliphatic rings. The molecule has 1 fully saturated rings. The molecule has 1 saturated heterocycles. The molecule has 28 heavy (non-hydrogen) atoms. The van der Waals surface area contributed by atoms with Crippen LogP contribution in [-0.4, -0.2) is 53.3 Å². The van der Waals surface area contributed by atoms with Gasteiger partial charge in [0.2, 0.25) is 0 Å². The van der Waals surface area contributed by atoms with Crippen LogP contribution in [0.1, 0.15) is 37.9 Å². The molecule has 0 aromatic heterocycles. The minimum absolute atomic E-state index is 0.142. The van der Waals surface area contributed by atoms with Crippen molar-refractivity contribution in [3.05, 3.63) is 71.8 Å². The monoisotopic (exact) mass is 379 g/mol. The lowest BCUT2D eigenvalue weighted by molar-refractivity contribution is -0.147. The molecule has 0 radical (unpaired) electrons. The van der Waals surface area contributed by atoms with Crippen molar-refractivity contribution in [3.8, 4) is 0 Å². The topological polar surface area (TPSA) is 52.7 Å². The molecule has 0 atom stereocenters. The molecule has 1 N–H and O–H groups in total. The Hall–Kier alpha value is -2.66. The highest BCUT2D eigenvalue weighted by Crippen LogP contribution is 2.29. The lowest BCUT2D eigenvalue weighted by Crippen LogP contribution is -2.55. The number of carbonyl (C=O) groups excluding carboxylic acids is 2. The predicted octanol–water partition coefficient (Wildman–Crippen LogP) is 2.83. The van der Waals surface area contributed by atoms with Gasteiger partial charge in [0.1, 0.15) is 0 Å². The van der Waals surface area contributed by atoms with E-state index < -0.39 is 17.4 Å². The average Bonchev–Trinajstić information content (AvgIpc) is 2.68. The highest BCUT2D eigenvalue weighted by molar-refractivity contribution is 6.35. The number of hydrogen-bond donors (Lipinski definition) is 1. The molecule has 0 bridgehead atoms. The zero-order chi connectivity index (χ0) is 20.1. The van der Waals surface area contributed by atoms with Gasteiger partial charge in [-0.05, 0) is 31.9 Å². The van der Waals surface area contributed by atoms with Crippen molar-refractivity contribution in [2.45, 2.75) is 32.4 Å². The molecule has 5 heteroatoms. The second kappa shape index (κ2) is 8.57. The van der Waals surface area contributed by atoms with Crippen LogP contribution in [0.5, 0.6) is 0 Å². The molecular weight excluding hydrogens is 350 g/mol. The summed E-state index contributed by atoms with van der Waals surface area (Å²) in [6.45, 7) is 8.17. The van der Waals surface area contributed by atoms with Crippen LogP contribution in [0, 0.1) is 0 Å². The molecule has 3 rings (SSSR count). The summed E-state index contributed by atoms with van der Waals surface area (Å²) in [5.41, 5.74) is 2.05. The third-order valence-corrected chi connectivity index (χ3v) is 4.88. The van der Waals surface area contributed by atoms with Crippen LogP contribution in [-0.2, 0) is 9.59 Å². The fourth-order valence-corrected chi connectivity index (χ4v) is 3.61. The minimum Gasteiger partial charge on any atom is -0.343 e. The SMILES string of the molecule is CC(C)(C)NC(=O)C(=O)N1CCN(C(c2ccccc2)c2ccccc2)CC1. The lowest BCUT2D eigenvalue weighted by atomic mass is 9.96. The number of nitrogens with one attached hydrogen (secondary N) is 1. The normalized spacial score (nSPS) is 15.5. The quantitative estimate of drug-likeness (QED) is 0.835. The van der Waals surface area contributed by atoms with Crippen LogP contribution in [0.3, 0.4) is 0 Å². The van der Waals surface area contributed by atoms with E-state index in [9.17, 15) is 9.59 Å². The van der Waals surface area contributed by atoms with E-state index in [0.717, 1.165) is 13.1 Å². The number of benzene rings is 2. The van der Waals surface area contributed by atoms with Crippen LogP contribution in [0.2, 0.25) is 0 Å². The maximum absolute atomic E-state index is 12.5. The van der Waals surface area contributed by atoms with Crippen LogP contribution in [0.15, 0.2) is 60.7 Å². The molecule has 1 aliphatic heterocycles. The number of nitrogens with zero attached hydrogens (tertiary/aromatic N) is 2. The summed E-state index contributed by atoms with van der Waals surface area (Å²) in [6.07, 6.45) is 0. The van der Waals surface area contributed by atoms with Crippen molar-refractivity contribution in [1.29, 1.82) is 0 Å². The van der Waals surface area contributed by atoms with Crippen molar-refractivity contribution in [2.24, 2.45) is 0 Å². The van der Waals surface area contributed by atoms with Crippen molar-refractivity contribution in [2.75, 3.05) is 26.2 Å². The first-order chi connectivity index (χ1) is 13.3. The highest BCUT2D eigenvalue weighted by atomic mass is 16.2. The summed E-state index contributed by atoms with van der Waals surface area (Å²) in [4.78, 5) is 28.7. The van der Waals surface area contributed by atoms with Crippen LogP contribution in [0.4, 0.5) is 0 Å². The number of carbonyl (C=O) groups is 2.